The molecular formula is C20H30IN5O3S. The van der Waals surface area contributed by atoms with E-state index in [0.29, 0.717) is 25.6 Å². The Bertz CT molecular complexity index is 894. The Hall–Kier alpha value is -1.92. The molecule has 0 spiro atoms. The van der Waals surface area contributed by atoms with E-state index >= 15 is 0 Å². The van der Waals surface area contributed by atoms with Gasteiger partial charge in [-0.05, 0) is 44.5 Å². The zero-order valence-electron chi connectivity index (χ0n) is 17.5. The molecule has 0 amide bonds. The van der Waals surface area contributed by atoms with E-state index in [4.69, 9.17) is 4.74 Å². The van der Waals surface area contributed by atoms with E-state index in [1.165, 1.54) is 18.5 Å². The van der Waals surface area contributed by atoms with Crippen molar-refractivity contribution in [3.63, 3.8) is 0 Å². The van der Waals surface area contributed by atoms with E-state index in [1.54, 1.807) is 6.07 Å². The van der Waals surface area contributed by atoms with Gasteiger partial charge >= 0.3 is 0 Å². The molecule has 166 valence electrons. The van der Waals surface area contributed by atoms with E-state index in [0.717, 1.165) is 11.3 Å². The summed E-state index contributed by atoms with van der Waals surface area (Å²) in [5, 5.41) is 6.25. The Morgan fingerprint density at radius 1 is 1.17 bits per heavy atom. The number of guanidine groups is 1. The third-order valence-corrected chi connectivity index (χ3v) is 5.37. The fraction of sp³-hybridized carbons (Fsp3) is 0.400. The number of nitrogens with zero attached hydrogens (tertiary/aromatic N) is 2. The Balaban J connectivity index is 0.00000450. The molecule has 1 heterocycles. The summed E-state index contributed by atoms with van der Waals surface area (Å²) in [4.78, 5) is 8.49. The largest absolute Gasteiger partial charge is 0.489 e. The summed E-state index contributed by atoms with van der Waals surface area (Å²) in [6, 6.07) is 10.9. The summed E-state index contributed by atoms with van der Waals surface area (Å²) < 4.78 is 32.8. The van der Waals surface area contributed by atoms with Gasteiger partial charge in [0.05, 0.1) is 6.54 Å². The molecule has 2 aromatic rings. The van der Waals surface area contributed by atoms with E-state index in [9.17, 15) is 8.42 Å². The number of aliphatic imine (C=N–C) groups is 1. The maximum absolute atomic E-state index is 12.2. The first kappa shape index (κ1) is 26.1. The van der Waals surface area contributed by atoms with Crippen LogP contribution in [0.3, 0.4) is 0 Å². The summed E-state index contributed by atoms with van der Waals surface area (Å²) >= 11 is 0. The third-order valence-electron chi connectivity index (χ3n) is 3.93. The van der Waals surface area contributed by atoms with Gasteiger partial charge in [-0.1, -0.05) is 18.2 Å². The number of rotatable bonds is 10. The molecule has 10 heteroatoms. The molecule has 8 nitrogen and oxygen atoms in total. The molecule has 0 fully saturated rings. The molecule has 2 rings (SSSR count). The number of sulfonamides is 1. The number of pyridine rings is 1. The van der Waals surface area contributed by atoms with Crippen LogP contribution in [-0.4, -0.2) is 51.6 Å². The minimum Gasteiger partial charge on any atom is -0.489 e. The van der Waals surface area contributed by atoms with Crippen LogP contribution in [0.15, 0.2) is 58.7 Å². The third kappa shape index (κ3) is 8.84. The Labute approximate surface area is 196 Å². The van der Waals surface area contributed by atoms with Crippen molar-refractivity contribution in [3.05, 3.63) is 54.4 Å². The van der Waals surface area contributed by atoms with Crippen LogP contribution in [-0.2, 0) is 10.0 Å². The lowest BCUT2D eigenvalue weighted by atomic mass is 10.2. The lowest BCUT2D eigenvalue weighted by Gasteiger charge is -2.16. The van der Waals surface area contributed by atoms with Crippen molar-refractivity contribution >= 4 is 40.0 Å². The van der Waals surface area contributed by atoms with Crippen LogP contribution in [0.25, 0.3) is 0 Å². The van der Waals surface area contributed by atoms with Crippen LogP contribution in [0, 0.1) is 6.92 Å². The number of ether oxygens (including phenoxy) is 1. The maximum Gasteiger partial charge on any atom is 0.242 e. The van der Waals surface area contributed by atoms with Crippen LogP contribution in [0.5, 0.6) is 5.75 Å². The topological polar surface area (TPSA) is 105 Å². The second-order valence-corrected chi connectivity index (χ2v) is 8.19. The van der Waals surface area contributed by atoms with Gasteiger partial charge in [-0.15, -0.1) is 24.0 Å². The minimum absolute atomic E-state index is 0. The van der Waals surface area contributed by atoms with Crippen molar-refractivity contribution in [3.8, 4) is 5.75 Å². The molecule has 1 aromatic heterocycles. The first-order valence-electron chi connectivity index (χ1n) is 9.56. The number of aryl methyl sites for hydroxylation is 1. The summed E-state index contributed by atoms with van der Waals surface area (Å²) in [6.07, 6.45) is 2.75. The molecule has 0 radical (unpaired) electrons. The highest BCUT2D eigenvalue weighted by Crippen LogP contribution is 2.17. The Morgan fingerprint density at radius 2 is 1.93 bits per heavy atom. The van der Waals surface area contributed by atoms with Crippen LogP contribution in [0.4, 0.5) is 0 Å². The molecule has 30 heavy (non-hydrogen) atoms. The number of nitrogens with one attached hydrogen (secondary N) is 3. The quantitative estimate of drug-likeness (QED) is 0.183. The van der Waals surface area contributed by atoms with E-state index in [1.807, 2.05) is 45.0 Å². The molecular weight excluding hydrogens is 517 g/mol. The summed E-state index contributed by atoms with van der Waals surface area (Å²) in [5.41, 5.74) is 1.08. The molecule has 0 saturated heterocycles. The summed E-state index contributed by atoms with van der Waals surface area (Å²) in [7, 11) is -3.57. The summed E-state index contributed by atoms with van der Waals surface area (Å²) in [6.45, 7) is 7.70. The number of aromatic nitrogens is 1. The van der Waals surface area contributed by atoms with E-state index in [-0.39, 0.29) is 41.5 Å². The van der Waals surface area contributed by atoms with Crippen molar-refractivity contribution in [2.75, 3.05) is 26.2 Å². The SMILES string of the molecule is CCNC(=NCC(C)Oc1ccccc1C)NCCNS(=O)(=O)c1cccnc1.I. The monoisotopic (exact) mass is 547 g/mol. The predicted octanol–water partition coefficient (Wildman–Crippen LogP) is 2.31. The van der Waals surface area contributed by atoms with Gasteiger partial charge in [-0.2, -0.15) is 0 Å². The van der Waals surface area contributed by atoms with Crippen LogP contribution in [0.2, 0.25) is 0 Å². The molecule has 1 atom stereocenters. The van der Waals surface area contributed by atoms with Gasteiger partial charge in [0.25, 0.3) is 0 Å². The second-order valence-electron chi connectivity index (χ2n) is 6.43. The lowest BCUT2D eigenvalue weighted by Crippen LogP contribution is -2.42. The lowest BCUT2D eigenvalue weighted by molar-refractivity contribution is 0.228. The number of benzene rings is 1. The van der Waals surface area contributed by atoms with Gasteiger partial charge in [0.15, 0.2) is 5.96 Å². The van der Waals surface area contributed by atoms with Gasteiger partial charge < -0.3 is 15.4 Å². The fourth-order valence-corrected chi connectivity index (χ4v) is 3.45. The molecule has 0 aliphatic carbocycles. The number of hydrogen-bond donors (Lipinski definition) is 3. The zero-order valence-corrected chi connectivity index (χ0v) is 20.6. The molecule has 1 unspecified atom stereocenters. The van der Waals surface area contributed by atoms with Crippen LogP contribution < -0.4 is 20.1 Å². The van der Waals surface area contributed by atoms with Gasteiger partial charge in [0, 0.05) is 32.0 Å². The molecule has 0 aliphatic rings. The molecule has 0 bridgehead atoms. The fourth-order valence-electron chi connectivity index (χ4n) is 2.46. The number of hydrogen-bond acceptors (Lipinski definition) is 5. The van der Waals surface area contributed by atoms with E-state index in [2.05, 4.69) is 25.3 Å². The minimum atomic E-state index is -3.57. The highest BCUT2D eigenvalue weighted by atomic mass is 127. The zero-order chi connectivity index (χ0) is 21.1. The van der Waals surface area contributed by atoms with Gasteiger partial charge in [-0.3, -0.25) is 4.98 Å². The molecule has 1 aromatic carbocycles. The average molecular weight is 547 g/mol. The van der Waals surface area contributed by atoms with Crippen molar-refractivity contribution in [1.29, 1.82) is 0 Å². The highest BCUT2D eigenvalue weighted by molar-refractivity contribution is 14.0. The Morgan fingerprint density at radius 3 is 2.60 bits per heavy atom. The predicted molar refractivity (Wildman–Crippen MR) is 130 cm³/mol. The first-order valence-corrected chi connectivity index (χ1v) is 11.0. The standard InChI is InChI=1S/C20H29N5O3S.HI/c1-4-22-20(24-14-17(3)28-19-10-6-5-8-16(19)2)23-12-13-25-29(26,27)18-9-7-11-21-15-18;/h5-11,15,17,25H,4,12-14H2,1-3H3,(H2,22,23,24);1H. The van der Waals surface area contributed by atoms with Crippen molar-refractivity contribution in [2.24, 2.45) is 4.99 Å². The molecule has 0 saturated carbocycles. The van der Waals surface area contributed by atoms with Crippen LogP contribution in [0.1, 0.15) is 19.4 Å². The van der Waals surface area contributed by atoms with Crippen LogP contribution >= 0.6 is 24.0 Å². The second kappa shape index (κ2) is 13.4. The van der Waals surface area contributed by atoms with Gasteiger partial charge in [0.2, 0.25) is 10.0 Å². The Kier molecular flexibility index (Phi) is 11.7. The summed E-state index contributed by atoms with van der Waals surface area (Å²) in [5.74, 6) is 1.45. The average Bonchev–Trinajstić information content (AvgIpc) is 2.71. The van der Waals surface area contributed by atoms with Crippen molar-refractivity contribution in [2.45, 2.75) is 31.8 Å². The van der Waals surface area contributed by atoms with Gasteiger partial charge in [0.1, 0.15) is 16.7 Å². The van der Waals surface area contributed by atoms with Gasteiger partial charge in [-0.25, -0.2) is 18.1 Å². The normalized spacial score (nSPS) is 12.6. The highest BCUT2D eigenvalue weighted by Gasteiger charge is 2.13. The number of halogens is 1. The number of para-hydroxylation sites is 1. The van der Waals surface area contributed by atoms with Crippen molar-refractivity contribution in [1.82, 2.24) is 20.3 Å². The first-order chi connectivity index (χ1) is 13.9. The molecule has 3 N–H and O–H groups in total. The maximum atomic E-state index is 12.2. The smallest absolute Gasteiger partial charge is 0.242 e. The van der Waals surface area contributed by atoms with E-state index < -0.39 is 10.0 Å². The van der Waals surface area contributed by atoms with Crippen molar-refractivity contribution < 1.29 is 13.2 Å². The molecule has 0 aliphatic heterocycles.